The first kappa shape index (κ1) is 27.0. The quantitative estimate of drug-likeness (QED) is 0.345. The first-order valence-corrected chi connectivity index (χ1v) is 12.9. The van der Waals surface area contributed by atoms with Gasteiger partial charge < -0.3 is 19.3 Å². The summed E-state index contributed by atoms with van der Waals surface area (Å²) in [5.74, 6) is 5.31. The SMILES string of the molecule is COC(=O)c1sc(C#CC(C)(C)C)cc1N(CC(=O)N1CCOCC1)C(=O)C1CC=C(C)C[C@@H]1C. The molecular weight excluding hydrogens is 464 g/mol. The number of esters is 1. The predicted molar refractivity (Wildman–Crippen MR) is 137 cm³/mol. The number of carbonyl (C=O) groups is 3. The van der Waals surface area contributed by atoms with Crippen LogP contribution in [-0.4, -0.2) is 62.6 Å². The average molecular weight is 501 g/mol. The van der Waals surface area contributed by atoms with E-state index in [-0.39, 0.29) is 40.5 Å². The third-order valence-corrected chi connectivity index (χ3v) is 7.25. The van der Waals surface area contributed by atoms with Crippen LogP contribution in [0.15, 0.2) is 17.7 Å². The van der Waals surface area contributed by atoms with Crippen LogP contribution in [0, 0.1) is 29.1 Å². The van der Waals surface area contributed by atoms with Crippen molar-refractivity contribution in [3.63, 3.8) is 0 Å². The zero-order chi connectivity index (χ0) is 25.8. The molecule has 3 rings (SSSR count). The number of nitrogens with zero attached hydrogens (tertiary/aromatic N) is 2. The minimum absolute atomic E-state index is 0.133. The Hall–Kier alpha value is -2.63. The van der Waals surface area contributed by atoms with E-state index in [1.54, 1.807) is 11.0 Å². The third-order valence-electron chi connectivity index (χ3n) is 6.23. The van der Waals surface area contributed by atoms with Crippen molar-refractivity contribution in [3.05, 3.63) is 27.5 Å². The molecule has 8 heteroatoms. The summed E-state index contributed by atoms with van der Waals surface area (Å²) in [6.45, 7) is 11.9. The summed E-state index contributed by atoms with van der Waals surface area (Å²) >= 11 is 1.19. The molecule has 1 aliphatic carbocycles. The number of rotatable bonds is 5. The molecule has 0 N–H and O–H groups in total. The van der Waals surface area contributed by atoms with Crippen LogP contribution in [0.2, 0.25) is 0 Å². The van der Waals surface area contributed by atoms with Crippen molar-refractivity contribution in [2.75, 3.05) is 44.9 Å². The molecule has 0 spiro atoms. The van der Waals surface area contributed by atoms with E-state index in [0.29, 0.717) is 43.3 Å². The van der Waals surface area contributed by atoms with E-state index in [4.69, 9.17) is 9.47 Å². The Morgan fingerprint density at radius 1 is 1.26 bits per heavy atom. The van der Waals surface area contributed by atoms with Crippen molar-refractivity contribution >= 4 is 34.8 Å². The van der Waals surface area contributed by atoms with Gasteiger partial charge in [-0.15, -0.1) is 11.3 Å². The van der Waals surface area contributed by atoms with Gasteiger partial charge in [0.2, 0.25) is 11.8 Å². The molecule has 0 bridgehead atoms. The van der Waals surface area contributed by atoms with Gasteiger partial charge in [-0.25, -0.2) is 4.79 Å². The van der Waals surface area contributed by atoms with Crippen molar-refractivity contribution < 1.29 is 23.9 Å². The molecule has 2 atom stereocenters. The largest absolute Gasteiger partial charge is 0.465 e. The summed E-state index contributed by atoms with van der Waals surface area (Å²) < 4.78 is 10.4. The van der Waals surface area contributed by atoms with E-state index >= 15 is 0 Å². The zero-order valence-corrected chi connectivity index (χ0v) is 22.4. The number of anilines is 1. The number of amides is 2. The van der Waals surface area contributed by atoms with Crippen molar-refractivity contribution in [2.24, 2.45) is 17.3 Å². The van der Waals surface area contributed by atoms with Gasteiger partial charge in [-0.2, -0.15) is 0 Å². The first-order chi connectivity index (χ1) is 16.5. The Bertz CT molecular complexity index is 1050. The maximum atomic E-state index is 13.9. The molecule has 2 heterocycles. The molecule has 0 saturated carbocycles. The van der Waals surface area contributed by atoms with Gasteiger partial charge in [-0.1, -0.05) is 30.4 Å². The highest BCUT2D eigenvalue weighted by atomic mass is 32.1. The molecule has 0 aromatic carbocycles. The number of morpholine rings is 1. The summed E-state index contributed by atoms with van der Waals surface area (Å²) in [6, 6.07) is 1.74. The molecule has 1 aromatic rings. The molecule has 2 amide bonds. The van der Waals surface area contributed by atoms with Gasteiger partial charge in [0.25, 0.3) is 0 Å². The molecule has 7 nitrogen and oxygen atoms in total. The lowest BCUT2D eigenvalue weighted by Gasteiger charge is -2.34. The lowest BCUT2D eigenvalue weighted by Crippen LogP contribution is -2.49. The fraction of sp³-hybridized carbons (Fsp3) is 0.593. The fourth-order valence-electron chi connectivity index (χ4n) is 4.30. The molecule has 0 radical (unpaired) electrons. The van der Waals surface area contributed by atoms with Gasteiger partial charge >= 0.3 is 5.97 Å². The van der Waals surface area contributed by atoms with Crippen molar-refractivity contribution in [1.29, 1.82) is 0 Å². The topological polar surface area (TPSA) is 76.2 Å². The second-order valence-electron chi connectivity index (χ2n) is 10.3. The lowest BCUT2D eigenvalue weighted by molar-refractivity contribution is -0.135. The smallest absolute Gasteiger partial charge is 0.350 e. The van der Waals surface area contributed by atoms with E-state index in [0.717, 1.165) is 6.42 Å². The highest BCUT2D eigenvalue weighted by Gasteiger charge is 2.36. The van der Waals surface area contributed by atoms with Gasteiger partial charge in [0.05, 0.1) is 30.9 Å². The molecule has 1 saturated heterocycles. The van der Waals surface area contributed by atoms with Crippen LogP contribution in [0.1, 0.15) is 62.0 Å². The predicted octanol–water partition coefficient (Wildman–Crippen LogP) is 4.12. The normalized spacial score (nSPS) is 20.4. The number of ether oxygens (including phenoxy) is 2. The zero-order valence-electron chi connectivity index (χ0n) is 21.6. The number of thiophene rings is 1. The van der Waals surface area contributed by atoms with Crippen LogP contribution in [0.25, 0.3) is 0 Å². The van der Waals surface area contributed by atoms with Gasteiger partial charge in [-0.3, -0.25) is 9.59 Å². The number of carbonyl (C=O) groups excluding carboxylic acids is 3. The summed E-state index contributed by atoms with van der Waals surface area (Å²) in [5, 5.41) is 0. The summed E-state index contributed by atoms with van der Waals surface area (Å²) in [4.78, 5) is 44.0. The van der Waals surface area contributed by atoms with E-state index in [1.807, 2.05) is 20.8 Å². The fourth-order valence-corrected chi connectivity index (χ4v) is 5.23. The van der Waals surface area contributed by atoms with Crippen LogP contribution in [0.3, 0.4) is 0 Å². The number of allylic oxidation sites excluding steroid dienone is 2. The lowest BCUT2D eigenvalue weighted by atomic mass is 9.80. The molecule has 2 aliphatic rings. The minimum Gasteiger partial charge on any atom is -0.465 e. The number of hydrogen-bond acceptors (Lipinski definition) is 6. The van der Waals surface area contributed by atoms with Crippen LogP contribution in [0.5, 0.6) is 0 Å². The summed E-state index contributed by atoms with van der Waals surface area (Å²) in [6.07, 6.45) is 3.54. The second kappa shape index (κ2) is 11.4. The third kappa shape index (κ3) is 6.96. The van der Waals surface area contributed by atoms with Gasteiger partial charge in [0.15, 0.2) is 0 Å². The van der Waals surface area contributed by atoms with E-state index in [2.05, 4.69) is 31.8 Å². The summed E-state index contributed by atoms with van der Waals surface area (Å²) in [7, 11) is 1.31. The van der Waals surface area contributed by atoms with Gasteiger partial charge in [0.1, 0.15) is 11.4 Å². The molecular formula is C27H36N2O5S. The van der Waals surface area contributed by atoms with Gasteiger partial charge in [-0.05, 0) is 52.5 Å². The maximum Gasteiger partial charge on any atom is 0.350 e. The second-order valence-corrected chi connectivity index (χ2v) is 11.4. The number of hydrogen-bond donors (Lipinski definition) is 0. The molecule has 190 valence electrons. The average Bonchev–Trinajstić information content (AvgIpc) is 3.24. The highest BCUT2D eigenvalue weighted by Crippen LogP contribution is 2.36. The van der Waals surface area contributed by atoms with E-state index in [1.165, 1.54) is 28.9 Å². The Balaban J connectivity index is 2.03. The van der Waals surface area contributed by atoms with Crippen LogP contribution in [-0.2, 0) is 19.1 Å². The van der Waals surface area contributed by atoms with Gasteiger partial charge in [0, 0.05) is 24.4 Å². The van der Waals surface area contributed by atoms with E-state index < -0.39 is 5.97 Å². The van der Waals surface area contributed by atoms with Crippen molar-refractivity contribution in [1.82, 2.24) is 4.90 Å². The molecule has 1 aromatic heterocycles. The molecule has 35 heavy (non-hydrogen) atoms. The molecule has 1 aliphatic heterocycles. The van der Waals surface area contributed by atoms with Crippen LogP contribution >= 0.6 is 11.3 Å². The Morgan fingerprint density at radius 2 is 1.94 bits per heavy atom. The first-order valence-electron chi connectivity index (χ1n) is 12.1. The maximum absolute atomic E-state index is 13.9. The Labute approximate surface area is 212 Å². The van der Waals surface area contributed by atoms with Crippen molar-refractivity contribution in [2.45, 2.75) is 47.5 Å². The van der Waals surface area contributed by atoms with Crippen LogP contribution in [0.4, 0.5) is 5.69 Å². The highest BCUT2D eigenvalue weighted by molar-refractivity contribution is 7.15. The molecule has 1 unspecified atom stereocenters. The standard InChI is InChI=1S/C27H36N2O5S/c1-18-7-8-21(19(2)15-18)25(31)29(17-23(30)28-11-13-34-14-12-28)22-16-20(9-10-27(3,4)5)35-24(22)26(32)33-6/h7,16,19,21H,8,11-15,17H2,1-6H3/t19-,21?/m0/s1. The summed E-state index contributed by atoms with van der Waals surface area (Å²) in [5.41, 5.74) is 1.44. The Kier molecular flexibility index (Phi) is 8.79. The number of methoxy groups -OCH3 is 1. The minimum atomic E-state index is -0.544. The monoisotopic (exact) mass is 500 g/mol. The van der Waals surface area contributed by atoms with Crippen molar-refractivity contribution in [3.8, 4) is 11.8 Å². The molecule has 1 fully saturated rings. The van der Waals surface area contributed by atoms with Crippen LogP contribution < -0.4 is 4.90 Å². The van der Waals surface area contributed by atoms with E-state index in [9.17, 15) is 14.4 Å². The Morgan fingerprint density at radius 3 is 2.54 bits per heavy atom.